The number of hydrogen-bond acceptors (Lipinski definition) is 7. The van der Waals surface area contributed by atoms with Gasteiger partial charge in [-0.05, 0) is 72.8 Å². The van der Waals surface area contributed by atoms with Crippen LogP contribution in [-0.4, -0.2) is 80.9 Å². The van der Waals surface area contributed by atoms with E-state index in [1.807, 2.05) is 0 Å². The smallest absolute Gasteiger partial charge is 0.407 e. The fraction of sp³-hybridized carbons (Fsp3) is 0.846. The first-order valence-corrected chi connectivity index (χ1v) is 13.1. The molecule has 1 spiro atoms. The Bertz CT molecular complexity index is 803. The van der Waals surface area contributed by atoms with E-state index in [-0.39, 0.29) is 53.4 Å². The Kier molecular flexibility index (Phi) is 8.10. The van der Waals surface area contributed by atoms with Gasteiger partial charge in [0.25, 0.3) is 0 Å². The topological polar surface area (TPSA) is 114 Å². The van der Waals surface area contributed by atoms with Gasteiger partial charge in [-0.3, -0.25) is 4.79 Å². The zero-order valence-corrected chi connectivity index (χ0v) is 21.9. The third kappa shape index (κ3) is 6.01. The minimum Gasteiger partial charge on any atom is -0.443 e. The van der Waals surface area contributed by atoms with Crippen molar-refractivity contribution in [1.82, 2.24) is 16.0 Å². The highest BCUT2D eigenvalue weighted by molar-refractivity contribution is 5.78. The number of carbonyl (C=O) groups excluding carboxylic acids is 2. The highest BCUT2D eigenvalue weighted by Crippen LogP contribution is 2.59. The number of nitrogens with one attached hydrogen (secondary N) is 3. The van der Waals surface area contributed by atoms with Crippen molar-refractivity contribution >= 4 is 12.0 Å². The molecule has 0 aromatic heterocycles. The van der Waals surface area contributed by atoms with E-state index in [1.165, 1.54) is 5.57 Å². The van der Waals surface area contributed by atoms with E-state index >= 15 is 0 Å². The van der Waals surface area contributed by atoms with Crippen LogP contribution < -0.4 is 16.0 Å². The SMILES string of the molecule is CNCC(=O)N[C@H]1CC[C@@H](NC(=O)OC2CC[C@]3(CO3)C(C3(C)O[C@@H]3CC=C(C)C)C2OC)CC1. The zero-order chi connectivity index (χ0) is 25.2. The van der Waals surface area contributed by atoms with Gasteiger partial charge in [0, 0.05) is 19.2 Å². The Morgan fingerprint density at radius 1 is 1.09 bits per heavy atom. The van der Waals surface area contributed by atoms with Crippen molar-refractivity contribution in [3.05, 3.63) is 11.6 Å². The zero-order valence-electron chi connectivity index (χ0n) is 21.9. The molecular weight excluding hydrogens is 450 g/mol. The quantitative estimate of drug-likeness (QED) is 0.334. The van der Waals surface area contributed by atoms with Crippen LogP contribution in [0.25, 0.3) is 0 Å². The van der Waals surface area contributed by atoms with Gasteiger partial charge in [0.15, 0.2) is 0 Å². The van der Waals surface area contributed by atoms with E-state index in [2.05, 4.69) is 42.8 Å². The number of methoxy groups -OCH3 is 1. The Labute approximate surface area is 209 Å². The molecule has 0 radical (unpaired) electrons. The summed E-state index contributed by atoms with van der Waals surface area (Å²) in [6.45, 7) is 7.36. The van der Waals surface area contributed by atoms with E-state index in [9.17, 15) is 9.59 Å². The number of hydrogen-bond donors (Lipinski definition) is 3. The molecule has 35 heavy (non-hydrogen) atoms. The minimum atomic E-state index is -0.394. The number of allylic oxidation sites excluding steroid dienone is 1. The molecule has 2 aliphatic heterocycles. The highest BCUT2D eigenvalue weighted by Gasteiger charge is 2.72. The van der Waals surface area contributed by atoms with Crippen LogP contribution in [0.3, 0.4) is 0 Å². The molecule has 4 unspecified atom stereocenters. The standard InChI is InChI=1S/C26H43N3O6/c1-16(2)6-11-20-25(3,35-20)23-22(32-5)19(12-13-26(23)15-33-26)34-24(31)29-18-9-7-17(8-10-18)28-21(30)14-27-4/h6,17-20,22-23,27H,7-15H2,1-5H3,(H,28,30)(H,29,31)/t17-,18+,19?,20-,22?,23?,25?,26+/m1/s1. The van der Waals surface area contributed by atoms with Crippen LogP contribution in [-0.2, 0) is 23.7 Å². The van der Waals surface area contributed by atoms with Crippen LogP contribution in [0, 0.1) is 5.92 Å². The van der Waals surface area contributed by atoms with E-state index in [0.29, 0.717) is 19.6 Å². The lowest BCUT2D eigenvalue weighted by Crippen LogP contribution is -2.56. The van der Waals surface area contributed by atoms with Crippen molar-refractivity contribution in [3.8, 4) is 0 Å². The van der Waals surface area contributed by atoms with Crippen LogP contribution in [0.1, 0.15) is 65.7 Å². The second kappa shape index (κ2) is 10.7. The van der Waals surface area contributed by atoms with Crippen molar-refractivity contribution in [2.75, 3.05) is 27.3 Å². The fourth-order valence-electron chi connectivity index (χ4n) is 6.23. The molecule has 4 aliphatic rings. The summed E-state index contributed by atoms with van der Waals surface area (Å²) < 4.78 is 24.1. The molecule has 2 saturated heterocycles. The molecule has 9 heteroatoms. The van der Waals surface area contributed by atoms with E-state index in [4.69, 9.17) is 18.9 Å². The molecule has 4 fully saturated rings. The summed E-state index contributed by atoms with van der Waals surface area (Å²) in [7, 11) is 3.45. The van der Waals surface area contributed by atoms with Crippen LogP contribution in [0.5, 0.6) is 0 Å². The first kappa shape index (κ1) is 26.4. The second-order valence-corrected chi connectivity index (χ2v) is 11.1. The molecule has 0 bridgehead atoms. The molecule has 0 aromatic carbocycles. The van der Waals surface area contributed by atoms with E-state index in [1.54, 1.807) is 14.2 Å². The van der Waals surface area contributed by atoms with Crippen LogP contribution in [0.4, 0.5) is 4.79 Å². The van der Waals surface area contributed by atoms with E-state index in [0.717, 1.165) is 38.5 Å². The Morgan fingerprint density at radius 2 is 1.74 bits per heavy atom. The maximum atomic E-state index is 12.8. The fourth-order valence-corrected chi connectivity index (χ4v) is 6.23. The highest BCUT2D eigenvalue weighted by atomic mass is 16.6. The van der Waals surface area contributed by atoms with Gasteiger partial charge >= 0.3 is 6.09 Å². The Balaban J connectivity index is 1.30. The molecule has 3 N–H and O–H groups in total. The van der Waals surface area contributed by atoms with Crippen molar-refractivity contribution in [3.63, 3.8) is 0 Å². The first-order chi connectivity index (χ1) is 16.7. The molecule has 6 atom stereocenters. The summed E-state index contributed by atoms with van der Waals surface area (Å²) in [5.41, 5.74) is 0.693. The lowest BCUT2D eigenvalue weighted by Gasteiger charge is -2.42. The number of carbonyl (C=O) groups is 2. The van der Waals surface area contributed by atoms with Crippen molar-refractivity contribution in [2.24, 2.45) is 5.92 Å². The van der Waals surface area contributed by atoms with Gasteiger partial charge in [0.05, 0.1) is 25.2 Å². The third-order valence-corrected chi connectivity index (χ3v) is 8.25. The van der Waals surface area contributed by atoms with Crippen molar-refractivity contribution in [2.45, 2.75) is 107 Å². The molecular formula is C26H43N3O6. The number of amides is 2. The van der Waals surface area contributed by atoms with Gasteiger partial charge in [0.2, 0.25) is 5.91 Å². The summed E-state index contributed by atoms with van der Waals surface area (Å²) in [5, 5.41) is 8.95. The summed E-state index contributed by atoms with van der Waals surface area (Å²) in [4.78, 5) is 24.6. The number of alkyl carbamates (subject to hydrolysis) is 1. The van der Waals surface area contributed by atoms with Gasteiger partial charge in [-0.15, -0.1) is 0 Å². The lowest BCUT2D eigenvalue weighted by molar-refractivity contribution is -0.121. The van der Waals surface area contributed by atoms with Gasteiger partial charge in [0.1, 0.15) is 23.4 Å². The van der Waals surface area contributed by atoms with Crippen LogP contribution in [0.15, 0.2) is 11.6 Å². The summed E-state index contributed by atoms with van der Waals surface area (Å²) in [6, 6.07) is 0.214. The summed E-state index contributed by atoms with van der Waals surface area (Å²) >= 11 is 0. The van der Waals surface area contributed by atoms with Crippen molar-refractivity contribution < 1.29 is 28.5 Å². The molecule has 2 heterocycles. The monoisotopic (exact) mass is 493 g/mol. The molecule has 9 nitrogen and oxygen atoms in total. The predicted molar refractivity (Wildman–Crippen MR) is 131 cm³/mol. The summed E-state index contributed by atoms with van der Waals surface area (Å²) in [6.07, 6.45) is 7.04. The molecule has 2 saturated carbocycles. The normalized spacial score (nSPS) is 40.0. The molecule has 2 aliphatic carbocycles. The number of rotatable bonds is 9. The molecule has 0 aromatic rings. The first-order valence-electron chi connectivity index (χ1n) is 13.1. The maximum Gasteiger partial charge on any atom is 0.407 e. The average molecular weight is 494 g/mol. The average Bonchev–Trinajstić information content (AvgIpc) is 3.72. The predicted octanol–water partition coefficient (Wildman–Crippen LogP) is 2.44. The van der Waals surface area contributed by atoms with Gasteiger partial charge in [-0.2, -0.15) is 0 Å². The molecule has 4 rings (SSSR count). The number of likely N-dealkylation sites (N-methyl/N-ethyl adjacent to an activating group) is 1. The number of epoxide rings is 2. The second-order valence-electron chi connectivity index (χ2n) is 11.1. The van der Waals surface area contributed by atoms with E-state index < -0.39 is 6.09 Å². The minimum absolute atomic E-state index is 0.00891. The Morgan fingerprint density at radius 3 is 2.31 bits per heavy atom. The van der Waals surface area contributed by atoms with Crippen molar-refractivity contribution in [1.29, 1.82) is 0 Å². The Hall–Kier alpha value is -1.68. The molecule has 2 amide bonds. The van der Waals surface area contributed by atoms with Gasteiger partial charge in [-0.25, -0.2) is 4.79 Å². The lowest BCUT2D eigenvalue weighted by atomic mass is 9.68. The summed E-state index contributed by atoms with van der Waals surface area (Å²) in [5.74, 6) is 0.0217. The largest absolute Gasteiger partial charge is 0.443 e. The van der Waals surface area contributed by atoms with Crippen LogP contribution in [0.2, 0.25) is 0 Å². The van der Waals surface area contributed by atoms with Crippen LogP contribution >= 0.6 is 0 Å². The third-order valence-electron chi connectivity index (χ3n) is 8.25. The maximum absolute atomic E-state index is 12.8. The van der Waals surface area contributed by atoms with Gasteiger partial charge in [-0.1, -0.05) is 11.6 Å². The molecule has 198 valence electrons. The van der Waals surface area contributed by atoms with Gasteiger partial charge < -0.3 is 34.9 Å². The number of ether oxygens (including phenoxy) is 4.